The van der Waals surface area contributed by atoms with Crippen LogP contribution in [-0.2, 0) is 9.59 Å². The van der Waals surface area contributed by atoms with Crippen LogP contribution in [0.3, 0.4) is 0 Å². The third kappa shape index (κ3) is 31.3. The fourth-order valence-electron chi connectivity index (χ4n) is 4.75. The zero-order valence-electron chi connectivity index (χ0n) is 25.6. The number of nitrogens with one attached hydrogen (secondary N) is 1. The van der Waals surface area contributed by atoms with E-state index in [4.69, 9.17) is 0 Å². The van der Waals surface area contributed by atoms with E-state index < -0.39 is 0 Å². The van der Waals surface area contributed by atoms with Crippen molar-refractivity contribution in [3.63, 3.8) is 0 Å². The summed E-state index contributed by atoms with van der Waals surface area (Å²) in [5.41, 5.74) is 0. The molecule has 36 heavy (non-hydrogen) atoms. The smallest absolute Gasteiger partial charge is 0.136 e. The highest BCUT2D eigenvalue weighted by atomic mass is 16.1. The maximum absolute atomic E-state index is 12.3. The Bertz CT molecular complexity index is 449. The van der Waals surface area contributed by atoms with Gasteiger partial charge in [-0.2, -0.15) is 0 Å². The van der Waals surface area contributed by atoms with Gasteiger partial charge in [0.1, 0.15) is 11.6 Å². The molecule has 0 spiro atoms. The van der Waals surface area contributed by atoms with Crippen LogP contribution in [0.1, 0.15) is 181 Å². The van der Waals surface area contributed by atoms with E-state index in [1.54, 1.807) is 0 Å². The third-order valence-electron chi connectivity index (χ3n) is 7.17. The van der Waals surface area contributed by atoms with Crippen LogP contribution >= 0.6 is 0 Å². The summed E-state index contributed by atoms with van der Waals surface area (Å²) in [4.78, 5) is 24.6. The summed E-state index contributed by atoms with van der Waals surface area (Å²) in [5, 5.41) is 2.75. The molecule has 0 aromatic carbocycles. The Morgan fingerprint density at radius 1 is 0.500 bits per heavy atom. The predicted molar refractivity (Wildman–Crippen MR) is 161 cm³/mol. The van der Waals surface area contributed by atoms with Gasteiger partial charge in [-0.1, -0.05) is 149 Å². The molecule has 0 heterocycles. The van der Waals surface area contributed by atoms with Crippen molar-refractivity contribution >= 4 is 11.6 Å². The number of carbonyl (C=O) groups excluding carboxylic acids is 2. The Kier molecular flexibility index (Phi) is 33.6. The van der Waals surface area contributed by atoms with Crippen LogP contribution in [-0.4, -0.2) is 25.7 Å². The molecule has 0 aliphatic rings. The fraction of sp³-hybridized carbons (Fsp3) is 0.939. The van der Waals surface area contributed by atoms with Gasteiger partial charge in [-0.15, -0.1) is 0 Å². The van der Waals surface area contributed by atoms with Crippen LogP contribution in [0.2, 0.25) is 0 Å². The predicted octanol–water partition coefficient (Wildman–Crippen LogP) is 10.4. The van der Waals surface area contributed by atoms with E-state index in [9.17, 15) is 9.59 Å². The molecule has 1 unspecified atom stereocenters. The van der Waals surface area contributed by atoms with Gasteiger partial charge < -0.3 is 5.32 Å². The van der Waals surface area contributed by atoms with Gasteiger partial charge in [-0.25, -0.2) is 0 Å². The van der Waals surface area contributed by atoms with Crippen LogP contribution in [0.15, 0.2) is 0 Å². The molecule has 3 nitrogen and oxygen atoms in total. The van der Waals surface area contributed by atoms with Crippen LogP contribution < -0.4 is 5.32 Å². The lowest BCUT2D eigenvalue weighted by Crippen LogP contribution is -2.15. The molecular weight excluding hydrogens is 442 g/mol. The van der Waals surface area contributed by atoms with E-state index >= 15 is 0 Å². The standard InChI is InChI=1S/C31H60O2.C2H7N/c1-4-6-8-10-12-14-16-18-20-22-24-26-30(32)28-29(3)31(33)27-25-23-21-19-17-15-13-11-9-7-5-2;1-3-2/h29H,4-28H2,1-3H3;3H,1-2H3. The highest BCUT2D eigenvalue weighted by molar-refractivity contribution is 5.87. The van der Waals surface area contributed by atoms with Crippen LogP contribution in [0.5, 0.6) is 0 Å². The van der Waals surface area contributed by atoms with Crippen molar-refractivity contribution in [1.29, 1.82) is 0 Å². The van der Waals surface area contributed by atoms with E-state index in [0.29, 0.717) is 30.8 Å². The lowest BCUT2D eigenvalue weighted by atomic mass is 9.93. The number of hydrogen-bond donors (Lipinski definition) is 1. The normalized spacial score (nSPS) is 11.7. The molecule has 0 fully saturated rings. The summed E-state index contributed by atoms with van der Waals surface area (Å²) in [6.07, 6.45) is 30.6. The summed E-state index contributed by atoms with van der Waals surface area (Å²) < 4.78 is 0. The number of ketones is 2. The molecule has 0 radical (unpaired) electrons. The van der Waals surface area contributed by atoms with Gasteiger partial charge in [0.05, 0.1) is 0 Å². The third-order valence-corrected chi connectivity index (χ3v) is 7.17. The second-order valence-corrected chi connectivity index (χ2v) is 11.2. The summed E-state index contributed by atoms with van der Waals surface area (Å²) in [7, 11) is 3.75. The van der Waals surface area contributed by atoms with Gasteiger partial charge in [0.15, 0.2) is 0 Å². The Balaban J connectivity index is 0. The number of hydrogen-bond acceptors (Lipinski definition) is 3. The topological polar surface area (TPSA) is 46.2 Å². The average molecular weight is 510 g/mol. The molecule has 3 heteroatoms. The zero-order chi connectivity index (χ0) is 27.1. The monoisotopic (exact) mass is 510 g/mol. The van der Waals surface area contributed by atoms with Gasteiger partial charge in [0.25, 0.3) is 0 Å². The average Bonchev–Trinajstić information content (AvgIpc) is 2.86. The maximum Gasteiger partial charge on any atom is 0.136 e. The fourth-order valence-corrected chi connectivity index (χ4v) is 4.75. The molecule has 0 amide bonds. The van der Waals surface area contributed by atoms with Crippen LogP contribution in [0, 0.1) is 5.92 Å². The van der Waals surface area contributed by atoms with Gasteiger partial charge in [0.2, 0.25) is 0 Å². The summed E-state index contributed by atoms with van der Waals surface area (Å²) in [5.74, 6) is 0.525. The quantitative estimate of drug-likeness (QED) is 0.112. The Morgan fingerprint density at radius 2 is 0.778 bits per heavy atom. The lowest BCUT2D eigenvalue weighted by molar-refractivity contribution is -0.127. The second-order valence-electron chi connectivity index (χ2n) is 11.2. The van der Waals surface area contributed by atoms with Crippen LogP contribution in [0.25, 0.3) is 0 Å². The largest absolute Gasteiger partial charge is 0.323 e. The number of unbranched alkanes of at least 4 members (excludes halogenated alkanes) is 20. The first kappa shape index (κ1) is 37.5. The van der Waals surface area contributed by atoms with E-state index in [1.165, 1.54) is 128 Å². The van der Waals surface area contributed by atoms with E-state index in [2.05, 4.69) is 19.2 Å². The SMILES string of the molecule is CCCCCCCCCCCCCC(=O)CC(C)C(=O)CCCCCCCCCCCCC.CNC. The summed E-state index contributed by atoms with van der Waals surface area (Å²) >= 11 is 0. The number of carbonyl (C=O) groups is 2. The van der Waals surface area contributed by atoms with Gasteiger partial charge in [-0.05, 0) is 26.9 Å². The molecule has 0 aliphatic heterocycles. The van der Waals surface area contributed by atoms with Crippen molar-refractivity contribution in [1.82, 2.24) is 5.32 Å². The second kappa shape index (κ2) is 32.3. The van der Waals surface area contributed by atoms with Crippen molar-refractivity contribution < 1.29 is 9.59 Å². The molecule has 0 saturated heterocycles. The Hall–Kier alpha value is -0.700. The molecular formula is C33H67NO2. The minimum absolute atomic E-state index is 0.0756. The molecule has 0 aromatic rings. The summed E-state index contributed by atoms with van der Waals surface area (Å²) in [6, 6.07) is 0. The lowest BCUT2D eigenvalue weighted by Gasteiger charge is -2.10. The van der Waals surface area contributed by atoms with Crippen molar-refractivity contribution in [2.45, 2.75) is 181 Å². The molecule has 1 atom stereocenters. The van der Waals surface area contributed by atoms with Crippen molar-refractivity contribution in [2.24, 2.45) is 5.92 Å². The molecule has 0 rings (SSSR count). The van der Waals surface area contributed by atoms with Crippen LogP contribution in [0.4, 0.5) is 0 Å². The molecule has 1 N–H and O–H groups in total. The molecule has 0 aromatic heterocycles. The minimum atomic E-state index is -0.0756. The van der Waals surface area contributed by atoms with Gasteiger partial charge in [0, 0.05) is 25.2 Å². The minimum Gasteiger partial charge on any atom is -0.323 e. The highest BCUT2D eigenvalue weighted by Crippen LogP contribution is 2.16. The number of rotatable bonds is 27. The molecule has 0 bridgehead atoms. The first-order valence-corrected chi connectivity index (χ1v) is 16.2. The maximum atomic E-state index is 12.3. The Morgan fingerprint density at radius 3 is 1.11 bits per heavy atom. The van der Waals surface area contributed by atoms with Crippen molar-refractivity contribution in [3.05, 3.63) is 0 Å². The summed E-state index contributed by atoms with van der Waals surface area (Å²) in [6.45, 7) is 6.49. The highest BCUT2D eigenvalue weighted by Gasteiger charge is 2.16. The first-order chi connectivity index (χ1) is 17.5. The molecule has 0 aliphatic carbocycles. The van der Waals surface area contributed by atoms with E-state index in [-0.39, 0.29) is 5.92 Å². The Labute approximate surface area is 227 Å². The van der Waals surface area contributed by atoms with Gasteiger partial charge >= 0.3 is 0 Å². The van der Waals surface area contributed by atoms with Crippen molar-refractivity contribution in [3.8, 4) is 0 Å². The van der Waals surface area contributed by atoms with Gasteiger partial charge in [-0.3, -0.25) is 9.59 Å². The first-order valence-electron chi connectivity index (χ1n) is 16.2. The van der Waals surface area contributed by atoms with Crippen molar-refractivity contribution in [2.75, 3.05) is 14.1 Å². The molecule has 216 valence electrons. The number of Topliss-reactive ketones (excluding diaryl/α,β-unsaturated/α-hetero) is 2. The van der Waals surface area contributed by atoms with E-state index in [0.717, 1.165) is 12.8 Å². The van der Waals surface area contributed by atoms with E-state index in [1.807, 2.05) is 21.0 Å². The zero-order valence-corrected chi connectivity index (χ0v) is 25.6. The molecule has 0 saturated carbocycles.